The number of thiazole rings is 1. The number of thioether (sulfide) groups is 1. The molecule has 0 aliphatic rings. The number of hydrogen-bond donors (Lipinski definition) is 2. The van der Waals surface area contributed by atoms with Crippen molar-refractivity contribution in [2.75, 3.05) is 12.9 Å². The molecular formula is C14H14N2O5S2. The summed E-state index contributed by atoms with van der Waals surface area (Å²) in [5.41, 5.74) is 6.19. The number of nitrogens with zero attached hydrogens (tertiary/aromatic N) is 1. The lowest BCUT2D eigenvalue weighted by Gasteiger charge is -2.07. The van der Waals surface area contributed by atoms with Crippen LogP contribution in [0.25, 0.3) is 10.2 Å². The Kier molecular flexibility index (Phi) is 5.56. The molecular weight excluding hydrogens is 340 g/mol. The minimum absolute atomic E-state index is 0.196. The number of rotatable bonds is 7. The zero-order valence-corrected chi connectivity index (χ0v) is 13.8. The lowest BCUT2D eigenvalue weighted by atomic mass is 10.1. The van der Waals surface area contributed by atoms with Crippen LogP contribution in [0.15, 0.2) is 22.5 Å². The van der Waals surface area contributed by atoms with Gasteiger partial charge < -0.3 is 15.6 Å². The van der Waals surface area contributed by atoms with Gasteiger partial charge in [-0.25, -0.2) is 9.78 Å². The number of carbonyl (C=O) groups excluding carboxylic acids is 2. The molecule has 0 spiro atoms. The van der Waals surface area contributed by atoms with E-state index in [9.17, 15) is 14.4 Å². The summed E-state index contributed by atoms with van der Waals surface area (Å²) in [6.45, 7) is 0. The molecule has 0 fully saturated rings. The van der Waals surface area contributed by atoms with Gasteiger partial charge in [-0.3, -0.25) is 9.59 Å². The Bertz CT molecular complexity index is 759. The Morgan fingerprint density at radius 1 is 1.43 bits per heavy atom. The van der Waals surface area contributed by atoms with Crippen LogP contribution in [0.1, 0.15) is 16.8 Å². The van der Waals surface area contributed by atoms with Gasteiger partial charge in [-0.15, -0.1) is 11.3 Å². The molecule has 0 aliphatic heterocycles. The molecule has 0 saturated carbocycles. The average Bonchev–Trinajstić information content (AvgIpc) is 2.91. The molecule has 23 heavy (non-hydrogen) atoms. The number of hydrogen-bond acceptors (Lipinski definition) is 7. The first-order valence-corrected chi connectivity index (χ1v) is 8.33. The summed E-state index contributed by atoms with van der Waals surface area (Å²) in [6, 6.07) is 5.01. The maximum absolute atomic E-state index is 11.5. The van der Waals surface area contributed by atoms with Crippen LogP contribution >= 0.6 is 23.1 Å². The molecule has 0 saturated heterocycles. The Hall–Kier alpha value is -2.13. The number of aromatic nitrogens is 1. The number of carboxylic acid groups (broad SMARTS) is 1. The molecule has 2 rings (SSSR count). The van der Waals surface area contributed by atoms with Crippen LogP contribution in [0.2, 0.25) is 0 Å². The molecule has 1 aromatic heterocycles. The SMILES string of the molecule is COC(=O)c1ccc2nc(SCC(CC(N)=O)C(=O)O)sc2c1. The van der Waals surface area contributed by atoms with Crippen LogP contribution in [0, 0.1) is 5.92 Å². The van der Waals surface area contributed by atoms with E-state index in [1.54, 1.807) is 18.2 Å². The molecule has 0 radical (unpaired) electrons. The van der Waals surface area contributed by atoms with Crippen LogP contribution in [0.5, 0.6) is 0 Å². The van der Waals surface area contributed by atoms with Gasteiger partial charge in [-0.2, -0.15) is 0 Å². The molecule has 1 heterocycles. The number of fused-ring (bicyclic) bond motifs is 1. The van der Waals surface area contributed by atoms with Crippen molar-refractivity contribution in [1.29, 1.82) is 0 Å². The molecule has 0 bridgehead atoms. The largest absolute Gasteiger partial charge is 0.481 e. The minimum atomic E-state index is -1.06. The highest BCUT2D eigenvalue weighted by atomic mass is 32.2. The van der Waals surface area contributed by atoms with Crippen LogP contribution in [0.4, 0.5) is 0 Å². The maximum atomic E-state index is 11.5. The number of esters is 1. The van der Waals surface area contributed by atoms with Gasteiger partial charge >= 0.3 is 11.9 Å². The number of nitrogens with two attached hydrogens (primary N) is 1. The van der Waals surface area contributed by atoms with Crippen LogP contribution < -0.4 is 5.73 Å². The number of primary amides is 1. The molecule has 9 heteroatoms. The van der Waals surface area contributed by atoms with Crippen molar-refractivity contribution in [2.24, 2.45) is 11.7 Å². The topological polar surface area (TPSA) is 120 Å². The molecule has 1 amide bonds. The number of ether oxygens (including phenoxy) is 1. The lowest BCUT2D eigenvalue weighted by Crippen LogP contribution is -2.24. The predicted octanol–water partition coefficient (Wildman–Crippen LogP) is 1.75. The third-order valence-electron chi connectivity index (χ3n) is 2.99. The number of carbonyl (C=O) groups is 3. The Labute approximate surface area is 139 Å². The highest BCUT2D eigenvalue weighted by Crippen LogP contribution is 2.31. The highest BCUT2D eigenvalue weighted by molar-refractivity contribution is 8.01. The van der Waals surface area contributed by atoms with E-state index in [-0.39, 0.29) is 12.2 Å². The number of aliphatic carboxylic acids is 1. The number of methoxy groups -OCH3 is 1. The summed E-state index contributed by atoms with van der Waals surface area (Å²) in [5.74, 6) is -2.80. The van der Waals surface area contributed by atoms with Crippen molar-refractivity contribution in [2.45, 2.75) is 10.8 Å². The van der Waals surface area contributed by atoms with E-state index < -0.39 is 23.8 Å². The van der Waals surface area contributed by atoms with Crippen molar-refractivity contribution in [3.8, 4) is 0 Å². The summed E-state index contributed by atoms with van der Waals surface area (Å²) in [7, 11) is 1.31. The van der Waals surface area contributed by atoms with Crippen LogP contribution in [0.3, 0.4) is 0 Å². The van der Waals surface area contributed by atoms with Crippen molar-refractivity contribution in [3.63, 3.8) is 0 Å². The fourth-order valence-corrected chi connectivity index (χ4v) is 4.05. The Balaban J connectivity index is 2.12. The van der Waals surface area contributed by atoms with E-state index in [2.05, 4.69) is 9.72 Å². The maximum Gasteiger partial charge on any atom is 0.337 e. The highest BCUT2D eigenvalue weighted by Gasteiger charge is 2.21. The van der Waals surface area contributed by atoms with E-state index in [1.807, 2.05) is 0 Å². The summed E-state index contributed by atoms with van der Waals surface area (Å²) >= 11 is 2.59. The summed E-state index contributed by atoms with van der Waals surface area (Å²) in [4.78, 5) is 37.9. The third kappa shape index (κ3) is 4.42. The van der Waals surface area contributed by atoms with Gasteiger partial charge in [0.2, 0.25) is 5.91 Å². The quantitative estimate of drug-likeness (QED) is 0.574. The first kappa shape index (κ1) is 17.2. The van der Waals surface area contributed by atoms with Crippen molar-refractivity contribution in [3.05, 3.63) is 23.8 Å². The van der Waals surface area contributed by atoms with Gasteiger partial charge in [0.1, 0.15) is 0 Å². The van der Waals surface area contributed by atoms with Crippen LogP contribution in [-0.4, -0.2) is 40.8 Å². The van der Waals surface area contributed by atoms with E-state index in [4.69, 9.17) is 10.8 Å². The first-order chi connectivity index (χ1) is 10.9. The molecule has 0 aliphatic carbocycles. The molecule has 2 aromatic rings. The second kappa shape index (κ2) is 7.42. The second-order valence-corrected chi connectivity index (χ2v) is 6.97. The summed E-state index contributed by atoms with van der Waals surface area (Å²) in [6.07, 6.45) is -0.209. The molecule has 1 aromatic carbocycles. The van der Waals surface area contributed by atoms with Gasteiger partial charge in [0.25, 0.3) is 0 Å². The van der Waals surface area contributed by atoms with Crippen molar-refractivity contribution >= 4 is 51.2 Å². The predicted molar refractivity (Wildman–Crippen MR) is 86.6 cm³/mol. The van der Waals surface area contributed by atoms with Crippen LogP contribution in [-0.2, 0) is 14.3 Å². The first-order valence-electron chi connectivity index (χ1n) is 6.53. The molecule has 122 valence electrons. The third-order valence-corrected chi connectivity index (χ3v) is 5.32. The number of carboxylic acids is 1. The molecule has 1 atom stereocenters. The second-order valence-electron chi connectivity index (χ2n) is 4.67. The smallest absolute Gasteiger partial charge is 0.337 e. The Morgan fingerprint density at radius 3 is 2.78 bits per heavy atom. The van der Waals surface area contributed by atoms with E-state index in [0.29, 0.717) is 15.4 Å². The Morgan fingerprint density at radius 2 is 2.17 bits per heavy atom. The average molecular weight is 354 g/mol. The molecule has 3 N–H and O–H groups in total. The fraction of sp³-hybridized carbons (Fsp3) is 0.286. The van der Waals surface area contributed by atoms with Crippen molar-refractivity contribution < 1.29 is 24.2 Å². The van der Waals surface area contributed by atoms with E-state index >= 15 is 0 Å². The lowest BCUT2D eigenvalue weighted by molar-refractivity contribution is -0.142. The van der Waals surface area contributed by atoms with Crippen molar-refractivity contribution in [1.82, 2.24) is 4.98 Å². The number of benzene rings is 1. The van der Waals surface area contributed by atoms with Gasteiger partial charge in [-0.1, -0.05) is 11.8 Å². The zero-order chi connectivity index (χ0) is 17.0. The fourth-order valence-electron chi connectivity index (χ4n) is 1.84. The normalized spacial score (nSPS) is 12.0. The van der Waals surface area contributed by atoms with Gasteiger partial charge in [-0.05, 0) is 18.2 Å². The molecule has 7 nitrogen and oxygen atoms in total. The summed E-state index contributed by atoms with van der Waals surface area (Å²) < 4.78 is 6.13. The van der Waals surface area contributed by atoms with E-state index in [1.165, 1.54) is 30.2 Å². The monoisotopic (exact) mass is 354 g/mol. The zero-order valence-electron chi connectivity index (χ0n) is 12.1. The molecule has 1 unspecified atom stereocenters. The van der Waals surface area contributed by atoms with E-state index in [0.717, 1.165) is 4.70 Å². The summed E-state index contributed by atoms with van der Waals surface area (Å²) in [5, 5.41) is 9.08. The van der Waals surface area contributed by atoms with Gasteiger partial charge in [0.15, 0.2) is 4.34 Å². The number of amides is 1. The van der Waals surface area contributed by atoms with Gasteiger partial charge in [0.05, 0.1) is 28.8 Å². The van der Waals surface area contributed by atoms with Gasteiger partial charge in [0, 0.05) is 12.2 Å². The standard InChI is InChI=1S/C14H14N2O5S2/c1-21-13(20)7-2-3-9-10(4-7)23-14(16-9)22-6-8(12(18)19)5-11(15)17/h2-4,8H,5-6H2,1H3,(H2,15,17)(H,18,19). The minimum Gasteiger partial charge on any atom is -0.481 e.